The van der Waals surface area contributed by atoms with Gasteiger partial charge in [0.1, 0.15) is 5.52 Å². The summed E-state index contributed by atoms with van der Waals surface area (Å²) in [4.78, 5) is 21.7. The van der Waals surface area contributed by atoms with E-state index in [9.17, 15) is 4.79 Å². The zero-order chi connectivity index (χ0) is 15.5. The number of urea groups is 1. The van der Waals surface area contributed by atoms with Crippen molar-refractivity contribution in [2.24, 2.45) is 0 Å². The smallest absolute Gasteiger partial charge is 0.338 e. The van der Waals surface area contributed by atoms with Crippen LogP contribution in [0.15, 0.2) is 47.2 Å². The lowest BCUT2D eigenvalue weighted by atomic mass is 10.3. The maximum absolute atomic E-state index is 11.9. The molecule has 0 spiro atoms. The highest BCUT2D eigenvalue weighted by atomic mass is 79.9. The van der Waals surface area contributed by atoms with Gasteiger partial charge in [0.15, 0.2) is 0 Å². The number of rotatable bonds is 3. The first-order valence-electron chi connectivity index (χ1n) is 6.77. The molecule has 1 unspecified atom stereocenters. The van der Waals surface area contributed by atoms with Crippen molar-refractivity contribution in [3.63, 3.8) is 0 Å². The molecule has 7 heteroatoms. The molecule has 22 heavy (non-hydrogen) atoms. The number of thiazole rings is 1. The fraction of sp³-hybridized carbons (Fsp3) is 0.133. The molecule has 0 saturated heterocycles. The number of pyridine rings is 1. The second-order valence-corrected chi connectivity index (χ2v) is 7.22. The SMILES string of the molecule is CCNC(=O)Nc1nc2cccc(Br)c2[s+]1-c1cccnc1. The molecule has 0 saturated carbocycles. The minimum absolute atomic E-state index is 0.244. The normalized spacial score (nSPS) is 11.5. The Morgan fingerprint density at radius 3 is 2.91 bits per heavy atom. The molecule has 0 aliphatic carbocycles. The highest BCUT2D eigenvalue weighted by Crippen LogP contribution is 2.47. The molecule has 3 rings (SSSR count). The molecule has 0 fully saturated rings. The molecule has 0 aliphatic rings. The first-order valence-corrected chi connectivity index (χ1v) is 8.79. The summed E-state index contributed by atoms with van der Waals surface area (Å²) >= 11 is 3.59. The Kier molecular flexibility index (Phi) is 4.35. The number of halogens is 1. The van der Waals surface area contributed by atoms with Crippen molar-refractivity contribution in [1.82, 2.24) is 15.3 Å². The van der Waals surface area contributed by atoms with Crippen LogP contribution in [0.1, 0.15) is 6.92 Å². The molecular weight excluding hydrogens is 364 g/mol. The molecule has 2 N–H and O–H groups in total. The molecule has 1 atom stereocenters. The number of nitrogens with zero attached hydrogens (tertiary/aromatic N) is 2. The van der Waals surface area contributed by atoms with Crippen LogP contribution < -0.4 is 10.6 Å². The number of carbonyl (C=O) groups excluding carboxylic acids is 1. The Hall–Kier alpha value is -1.99. The number of anilines is 1. The van der Waals surface area contributed by atoms with E-state index < -0.39 is 10.5 Å². The average Bonchev–Trinajstić information content (AvgIpc) is 2.87. The first kappa shape index (κ1) is 14.9. The molecule has 5 nitrogen and oxygen atoms in total. The third kappa shape index (κ3) is 2.82. The zero-order valence-electron chi connectivity index (χ0n) is 11.8. The van der Waals surface area contributed by atoms with Gasteiger partial charge in [0.2, 0.25) is 9.60 Å². The summed E-state index contributed by atoms with van der Waals surface area (Å²) in [5.74, 6) is 0. The van der Waals surface area contributed by atoms with Crippen LogP contribution in [0.3, 0.4) is 0 Å². The van der Waals surface area contributed by atoms with Gasteiger partial charge < -0.3 is 5.32 Å². The maximum Gasteiger partial charge on any atom is 0.354 e. The predicted molar refractivity (Wildman–Crippen MR) is 93.7 cm³/mol. The first-order chi connectivity index (χ1) is 10.7. The van der Waals surface area contributed by atoms with E-state index in [1.54, 1.807) is 6.20 Å². The molecule has 2 aromatic heterocycles. The molecule has 1 aromatic carbocycles. The van der Waals surface area contributed by atoms with Crippen LogP contribution in [0.4, 0.5) is 9.93 Å². The summed E-state index contributed by atoms with van der Waals surface area (Å²) in [6.45, 7) is 2.44. The van der Waals surface area contributed by atoms with E-state index in [1.807, 2.05) is 43.5 Å². The van der Waals surface area contributed by atoms with Crippen LogP contribution in [-0.4, -0.2) is 22.5 Å². The van der Waals surface area contributed by atoms with Crippen LogP contribution in [-0.2, 0) is 0 Å². The number of amides is 2. The fourth-order valence-corrected chi connectivity index (χ4v) is 4.96. The molecule has 2 heterocycles. The summed E-state index contributed by atoms with van der Waals surface area (Å²) in [6, 6.07) is 9.52. The number of aromatic nitrogens is 2. The summed E-state index contributed by atoms with van der Waals surface area (Å²) in [7, 11) is -0.470. The van der Waals surface area contributed by atoms with Gasteiger partial charge in [0.05, 0.1) is 21.1 Å². The minimum Gasteiger partial charge on any atom is -0.338 e. The van der Waals surface area contributed by atoms with E-state index in [-0.39, 0.29) is 6.03 Å². The maximum atomic E-state index is 11.9. The van der Waals surface area contributed by atoms with Gasteiger partial charge in [0, 0.05) is 18.8 Å². The number of fused-ring (bicyclic) bond motifs is 1. The van der Waals surface area contributed by atoms with E-state index in [4.69, 9.17) is 0 Å². The minimum atomic E-state index is -0.470. The number of nitrogens with one attached hydrogen (secondary N) is 2. The lowest BCUT2D eigenvalue weighted by Gasteiger charge is -2.00. The number of hydrogen-bond donors (Lipinski definition) is 2. The van der Waals surface area contributed by atoms with E-state index in [2.05, 4.69) is 36.5 Å². The van der Waals surface area contributed by atoms with Gasteiger partial charge in [-0.1, -0.05) is 6.07 Å². The van der Waals surface area contributed by atoms with Gasteiger partial charge in [-0.2, -0.15) is 4.98 Å². The Morgan fingerprint density at radius 1 is 1.32 bits per heavy atom. The number of benzene rings is 1. The van der Waals surface area contributed by atoms with Crippen LogP contribution in [0.2, 0.25) is 0 Å². The van der Waals surface area contributed by atoms with Crippen LogP contribution in [0.25, 0.3) is 15.1 Å². The van der Waals surface area contributed by atoms with Crippen LogP contribution in [0, 0.1) is 0 Å². The molecule has 0 bridgehead atoms. The Morgan fingerprint density at radius 2 is 2.18 bits per heavy atom. The Balaban J connectivity index is 2.19. The molecule has 3 aromatic rings. The molecule has 0 radical (unpaired) electrons. The van der Waals surface area contributed by atoms with Crippen LogP contribution in [0.5, 0.6) is 0 Å². The third-order valence-corrected chi connectivity index (χ3v) is 6.05. The summed E-state index contributed by atoms with van der Waals surface area (Å²) in [6.07, 6.45) is 3.55. The standard InChI is InChI=1S/C15H13BrN4OS/c1-2-18-14(21)20-15-19-12-7-3-6-11(16)13(12)22(15)10-5-4-8-17-9-10/h3-9H,2H2,1H3,(H-,18,19,20,21)/p+1. The topological polar surface area (TPSA) is 66.9 Å². The molecule has 112 valence electrons. The largest absolute Gasteiger partial charge is 0.354 e. The summed E-state index contributed by atoms with van der Waals surface area (Å²) in [5.41, 5.74) is 0.869. The van der Waals surface area contributed by atoms with Gasteiger partial charge in [0.25, 0.3) is 0 Å². The Bertz CT molecular complexity index is 819. The lowest BCUT2D eigenvalue weighted by Crippen LogP contribution is -2.28. The molecule has 0 aliphatic heterocycles. The van der Waals surface area contributed by atoms with Crippen molar-refractivity contribution < 1.29 is 4.79 Å². The monoisotopic (exact) mass is 377 g/mol. The number of carbonyl (C=O) groups is 1. The second-order valence-electron chi connectivity index (χ2n) is 4.48. The molecular formula is C15H14BrN4OS+. The highest BCUT2D eigenvalue weighted by molar-refractivity contribution is 9.10. The average molecular weight is 378 g/mol. The van der Waals surface area contributed by atoms with Gasteiger partial charge >= 0.3 is 11.2 Å². The van der Waals surface area contributed by atoms with Gasteiger partial charge in [-0.05, 0) is 41.1 Å². The zero-order valence-corrected chi connectivity index (χ0v) is 14.2. The Labute approximate surface area is 138 Å². The van der Waals surface area contributed by atoms with E-state index in [0.717, 1.165) is 19.6 Å². The van der Waals surface area contributed by atoms with Crippen molar-refractivity contribution >= 4 is 47.8 Å². The van der Waals surface area contributed by atoms with E-state index >= 15 is 0 Å². The van der Waals surface area contributed by atoms with Gasteiger partial charge in [-0.25, -0.2) is 10.1 Å². The van der Waals surface area contributed by atoms with Crippen molar-refractivity contribution in [3.8, 4) is 4.90 Å². The van der Waals surface area contributed by atoms with Crippen LogP contribution >= 0.6 is 26.4 Å². The lowest BCUT2D eigenvalue weighted by molar-refractivity contribution is 0.252. The number of hydrogen-bond acceptors (Lipinski definition) is 3. The second kappa shape index (κ2) is 6.41. The third-order valence-electron chi connectivity index (χ3n) is 2.99. The van der Waals surface area contributed by atoms with Gasteiger partial charge in [-0.3, -0.25) is 4.98 Å². The van der Waals surface area contributed by atoms with Crippen molar-refractivity contribution in [1.29, 1.82) is 0 Å². The van der Waals surface area contributed by atoms with E-state index in [1.165, 1.54) is 0 Å². The highest BCUT2D eigenvalue weighted by Gasteiger charge is 2.28. The van der Waals surface area contributed by atoms with E-state index in [0.29, 0.717) is 11.7 Å². The van der Waals surface area contributed by atoms with Gasteiger partial charge in [-0.15, -0.1) is 0 Å². The van der Waals surface area contributed by atoms with Crippen molar-refractivity contribution in [3.05, 3.63) is 47.2 Å². The summed E-state index contributed by atoms with van der Waals surface area (Å²) < 4.78 is 2.05. The fourth-order valence-electron chi connectivity index (χ4n) is 2.12. The molecule has 2 amide bonds. The quantitative estimate of drug-likeness (QED) is 0.669. The predicted octanol–water partition coefficient (Wildman–Crippen LogP) is 4.27. The summed E-state index contributed by atoms with van der Waals surface area (Å²) in [5, 5.41) is 6.24. The van der Waals surface area contributed by atoms with Crippen molar-refractivity contribution in [2.75, 3.05) is 11.9 Å². The van der Waals surface area contributed by atoms with Crippen molar-refractivity contribution in [2.45, 2.75) is 6.92 Å².